The zero-order valence-electron chi connectivity index (χ0n) is 9.03. The zero-order valence-corrected chi connectivity index (χ0v) is 9.03. The standard InChI is InChI=1S/C10H17NO4/c1-3-14-10(15-4-2)6-5-8(11)7-9(12)13/h8,10H,3-4,7,11H2,1-2H3,(H,12,13). The second kappa shape index (κ2) is 8.24. The minimum Gasteiger partial charge on any atom is -0.481 e. The van der Waals surface area contributed by atoms with Crippen LogP contribution in [-0.2, 0) is 14.3 Å². The highest BCUT2D eigenvalue weighted by Gasteiger charge is 2.06. The van der Waals surface area contributed by atoms with Crippen LogP contribution in [-0.4, -0.2) is 36.6 Å². The van der Waals surface area contributed by atoms with Crippen molar-refractivity contribution in [1.82, 2.24) is 0 Å². The van der Waals surface area contributed by atoms with E-state index in [1.54, 1.807) is 0 Å². The first-order valence-electron chi connectivity index (χ1n) is 4.81. The molecule has 0 fully saturated rings. The number of ether oxygens (including phenoxy) is 2. The van der Waals surface area contributed by atoms with Crippen LogP contribution in [0.25, 0.3) is 0 Å². The van der Waals surface area contributed by atoms with Crippen LogP contribution in [0.15, 0.2) is 0 Å². The predicted octanol–water partition coefficient (Wildman–Crippen LogP) is 0.191. The molecule has 15 heavy (non-hydrogen) atoms. The van der Waals surface area contributed by atoms with E-state index in [-0.39, 0.29) is 6.42 Å². The summed E-state index contributed by atoms with van der Waals surface area (Å²) >= 11 is 0. The fourth-order valence-electron chi connectivity index (χ4n) is 0.848. The molecular formula is C10H17NO4. The van der Waals surface area contributed by atoms with Crippen molar-refractivity contribution in [3.05, 3.63) is 0 Å². The van der Waals surface area contributed by atoms with Crippen LogP contribution >= 0.6 is 0 Å². The number of carboxylic acid groups (broad SMARTS) is 1. The lowest BCUT2D eigenvalue weighted by Crippen LogP contribution is -2.23. The third-order valence-corrected chi connectivity index (χ3v) is 1.42. The summed E-state index contributed by atoms with van der Waals surface area (Å²) in [5, 5.41) is 8.45. The molecular weight excluding hydrogens is 198 g/mol. The summed E-state index contributed by atoms with van der Waals surface area (Å²) < 4.78 is 10.3. The summed E-state index contributed by atoms with van der Waals surface area (Å²) in [6.45, 7) is 4.61. The predicted molar refractivity (Wildman–Crippen MR) is 55.0 cm³/mol. The van der Waals surface area contributed by atoms with Crippen molar-refractivity contribution in [2.45, 2.75) is 32.6 Å². The van der Waals surface area contributed by atoms with Gasteiger partial charge in [-0.1, -0.05) is 5.92 Å². The Bertz CT molecular complexity index is 238. The largest absolute Gasteiger partial charge is 0.481 e. The lowest BCUT2D eigenvalue weighted by Gasteiger charge is -2.10. The molecule has 0 saturated carbocycles. The van der Waals surface area contributed by atoms with Crippen LogP contribution in [0.5, 0.6) is 0 Å². The van der Waals surface area contributed by atoms with Crippen molar-refractivity contribution in [3.63, 3.8) is 0 Å². The Morgan fingerprint density at radius 3 is 2.27 bits per heavy atom. The quantitative estimate of drug-likeness (QED) is 0.488. The Labute approximate surface area is 89.5 Å². The normalized spacial score (nSPS) is 12.0. The van der Waals surface area contributed by atoms with Gasteiger partial charge in [-0.2, -0.15) is 0 Å². The maximum atomic E-state index is 10.3. The van der Waals surface area contributed by atoms with Crippen molar-refractivity contribution < 1.29 is 19.4 Å². The van der Waals surface area contributed by atoms with E-state index in [1.165, 1.54) is 0 Å². The molecule has 86 valence electrons. The van der Waals surface area contributed by atoms with E-state index >= 15 is 0 Å². The minimum atomic E-state index is -0.971. The number of hydrogen-bond acceptors (Lipinski definition) is 4. The van der Waals surface area contributed by atoms with Gasteiger partial charge in [0.1, 0.15) is 0 Å². The molecule has 1 unspecified atom stereocenters. The van der Waals surface area contributed by atoms with E-state index in [2.05, 4.69) is 11.8 Å². The van der Waals surface area contributed by atoms with Gasteiger partial charge in [-0.05, 0) is 19.8 Å². The van der Waals surface area contributed by atoms with Crippen molar-refractivity contribution in [2.75, 3.05) is 13.2 Å². The highest BCUT2D eigenvalue weighted by molar-refractivity contribution is 5.68. The minimum absolute atomic E-state index is 0.183. The van der Waals surface area contributed by atoms with Gasteiger partial charge in [0, 0.05) is 13.2 Å². The fourth-order valence-corrected chi connectivity index (χ4v) is 0.848. The first-order valence-corrected chi connectivity index (χ1v) is 4.81. The monoisotopic (exact) mass is 215 g/mol. The van der Waals surface area contributed by atoms with E-state index < -0.39 is 18.3 Å². The molecule has 0 aliphatic rings. The summed E-state index contributed by atoms with van der Waals surface area (Å²) in [5.74, 6) is 4.25. The van der Waals surface area contributed by atoms with Crippen LogP contribution in [0.3, 0.4) is 0 Å². The maximum Gasteiger partial charge on any atom is 0.305 e. The number of carbonyl (C=O) groups is 1. The molecule has 0 amide bonds. The van der Waals surface area contributed by atoms with Gasteiger partial charge in [0.25, 0.3) is 0 Å². The van der Waals surface area contributed by atoms with Gasteiger partial charge in [-0.25, -0.2) is 0 Å². The molecule has 0 rings (SSSR count). The van der Waals surface area contributed by atoms with E-state index in [0.29, 0.717) is 13.2 Å². The number of hydrogen-bond donors (Lipinski definition) is 2. The third kappa shape index (κ3) is 7.94. The van der Waals surface area contributed by atoms with E-state index in [1.807, 2.05) is 13.8 Å². The molecule has 0 aliphatic carbocycles. The van der Waals surface area contributed by atoms with Gasteiger partial charge >= 0.3 is 5.97 Å². The molecule has 1 atom stereocenters. The van der Waals surface area contributed by atoms with Crippen LogP contribution in [0.4, 0.5) is 0 Å². The Kier molecular flexibility index (Phi) is 7.64. The molecule has 3 N–H and O–H groups in total. The Morgan fingerprint density at radius 2 is 1.87 bits per heavy atom. The van der Waals surface area contributed by atoms with Gasteiger partial charge in [0.05, 0.1) is 12.5 Å². The average Bonchev–Trinajstić information content (AvgIpc) is 2.14. The molecule has 5 nitrogen and oxygen atoms in total. The summed E-state index contributed by atoms with van der Waals surface area (Å²) in [6, 6.07) is -0.689. The van der Waals surface area contributed by atoms with Crippen LogP contribution < -0.4 is 5.73 Å². The third-order valence-electron chi connectivity index (χ3n) is 1.42. The zero-order chi connectivity index (χ0) is 11.7. The molecule has 0 heterocycles. The molecule has 0 aliphatic heterocycles. The molecule has 0 radical (unpaired) electrons. The molecule has 0 bridgehead atoms. The Balaban J connectivity index is 4.11. The van der Waals surface area contributed by atoms with Gasteiger partial charge in [-0.15, -0.1) is 0 Å². The van der Waals surface area contributed by atoms with Crippen molar-refractivity contribution >= 4 is 5.97 Å². The van der Waals surface area contributed by atoms with Crippen molar-refractivity contribution in [1.29, 1.82) is 0 Å². The molecule has 0 saturated heterocycles. The lowest BCUT2D eigenvalue weighted by atomic mass is 10.2. The van der Waals surface area contributed by atoms with E-state index in [4.69, 9.17) is 20.3 Å². The lowest BCUT2D eigenvalue weighted by molar-refractivity contribution is -0.137. The molecule has 0 aromatic rings. The molecule has 0 aromatic heterocycles. The van der Waals surface area contributed by atoms with E-state index in [9.17, 15) is 4.79 Å². The number of nitrogens with two attached hydrogens (primary N) is 1. The van der Waals surface area contributed by atoms with Crippen LogP contribution in [0.2, 0.25) is 0 Å². The second-order valence-corrected chi connectivity index (χ2v) is 2.74. The highest BCUT2D eigenvalue weighted by atomic mass is 16.7. The smallest absolute Gasteiger partial charge is 0.305 e. The SMILES string of the molecule is CCOC(C#CC(N)CC(=O)O)OCC. The number of aliphatic carboxylic acids is 1. The van der Waals surface area contributed by atoms with Crippen molar-refractivity contribution in [2.24, 2.45) is 5.73 Å². The fraction of sp³-hybridized carbons (Fsp3) is 0.700. The van der Waals surface area contributed by atoms with Gasteiger partial charge in [0.2, 0.25) is 6.29 Å². The highest BCUT2D eigenvalue weighted by Crippen LogP contribution is 1.94. The first kappa shape index (κ1) is 13.9. The summed E-state index contributed by atoms with van der Waals surface area (Å²) in [6.07, 6.45) is -0.808. The number of rotatable bonds is 6. The summed E-state index contributed by atoms with van der Waals surface area (Å²) in [7, 11) is 0. The van der Waals surface area contributed by atoms with Crippen LogP contribution in [0, 0.1) is 11.8 Å². The maximum absolute atomic E-state index is 10.3. The van der Waals surface area contributed by atoms with Gasteiger partial charge < -0.3 is 20.3 Å². The number of carboxylic acids is 1. The van der Waals surface area contributed by atoms with Gasteiger partial charge in [0.15, 0.2) is 0 Å². The summed E-state index contributed by atoms with van der Waals surface area (Å²) in [5.41, 5.74) is 5.45. The van der Waals surface area contributed by atoms with Crippen LogP contribution in [0.1, 0.15) is 20.3 Å². The Morgan fingerprint density at radius 1 is 1.33 bits per heavy atom. The second-order valence-electron chi connectivity index (χ2n) is 2.74. The summed E-state index contributed by atoms with van der Waals surface area (Å²) in [4.78, 5) is 10.3. The molecule has 0 spiro atoms. The first-order chi connectivity index (χ1) is 7.10. The Hall–Kier alpha value is -1.09. The molecule has 0 aromatic carbocycles. The average molecular weight is 215 g/mol. The van der Waals surface area contributed by atoms with Gasteiger partial charge in [-0.3, -0.25) is 4.79 Å². The van der Waals surface area contributed by atoms with Crippen molar-refractivity contribution in [3.8, 4) is 11.8 Å². The van der Waals surface area contributed by atoms with E-state index in [0.717, 1.165) is 0 Å². The topological polar surface area (TPSA) is 81.8 Å². The molecule has 5 heteroatoms.